The van der Waals surface area contributed by atoms with Crippen LogP contribution in [-0.2, 0) is 11.3 Å². The Kier molecular flexibility index (Phi) is 9.11. The summed E-state index contributed by atoms with van der Waals surface area (Å²) in [6.07, 6.45) is 2.19. The molecule has 30 heavy (non-hydrogen) atoms. The molecule has 0 saturated carbocycles. The predicted octanol–water partition coefficient (Wildman–Crippen LogP) is 3.51. The van der Waals surface area contributed by atoms with E-state index in [-0.39, 0.29) is 41.7 Å². The van der Waals surface area contributed by atoms with E-state index >= 15 is 0 Å². The molecule has 2 unspecified atom stereocenters. The van der Waals surface area contributed by atoms with Gasteiger partial charge in [-0.2, -0.15) is 0 Å². The Morgan fingerprint density at radius 2 is 1.83 bits per heavy atom. The molecule has 1 saturated heterocycles. The molecule has 2 heterocycles. The van der Waals surface area contributed by atoms with Crippen molar-refractivity contribution in [3.63, 3.8) is 0 Å². The first-order chi connectivity index (χ1) is 13.9. The van der Waals surface area contributed by atoms with E-state index in [1.54, 1.807) is 13.3 Å². The number of halogens is 1. The number of aliphatic imine (C=N–C) groups is 1. The first-order valence-corrected chi connectivity index (χ1v) is 10.2. The van der Waals surface area contributed by atoms with Crippen LogP contribution in [0.4, 0.5) is 0 Å². The van der Waals surface area contributed by atoms with Gasteiger partial charge in [-0.3, -0.25) is 9.89 Å². The highest BCUT2D eigenvalue weighted by atomic mass is 127. The fourth-order valence-corrected chi connectivity index (χ4v) is 3.58. The maximum atomic E-state index is 5.87. The third-order valence-electron chi connectivity index (χ3n) is 5.20. The first-order valence-electron chi connectivity index (χ1n) is 10.2. The number of benzene rings is 1. The van der Waals surface area contributed by atoms with Gasteiger partial charge in [0.2, 0.25) is 5.89 Å². The number of rotatable bonds is 6. The van der Waals surface area contributed by atoms with Gasteiger partial charge in [-0.1, -0.05) is 18.2 Å². The number of hydrogen-bond donors (Lipinski definition) is 2. The highest BCUT2D eigenvalue weighted by molar-refractivity contribution is 14.0. The molecule has 3 rings (SSSR count). The van der Waals surface area contributed by atoms with Crippen molar-refractivity contribution >= 4 is 29.9 Å². The Morgan fingerprint density at radius 3 is 2.47 bits per heavy atom. The van der Waals surface area contributed by atoms with Gasteiger partial charge in [-0.25, -0.2) is 4.98 Å². The molecule has 0 bridgehead atoms. The zero-order chi connectivity index (χ0) is 20.9. The van der Waals surface area contributed by atoms with E-state index in [0.717, 1.165) is 36.9 Å². The van der Waals surface area contributed by atoms with E-state index in [1.807, 2.05) is 30.3 Å². The summed E-state index contributed by atoms with van der Waals surface area (Å²) < 4.78 is 11.5. The fourth-order valence-electron chi connectivity index (χ4n) is 3.58. The molecule has 7 nitrogen and oxygen atoms in total. The van der Waals surface area contributed by atoms with Crippen molar-refractivity contribution in [2.75, 3.05) is 26.7 Å². The Hall–Kier alpha value is -1.65. The number of hydrogen-bond acceptors (Lipinski definition) is 5. The lowest BCUT2D eigenvalue weighted by molar-refractivity contribution is -0.0946. The second kappa shape index (κ2) is 11.1. The van der Waals surface area contributed by atoms with E-state index in [2.05, 4.69) is 53.2 Å². The summed E-state index contributed by atoms with van der Waals surface area (Å²) in [7, 11) is 1.78. The Morgan fingerprint density at radius 1 is 1.17 bits per heavy atom. The molecule has 0 amide bonds. The topological polar surface area (TPSA) is 74.9 Å². The fraction of sp³-hybridized carbons (Fsp3) is 0.545. The number of nitrogens with one attached hydrogen (secondary N) is 2. The van der Waals surface area contributed by atoms with Gasteiger partial charge in [0.25, 0.3) is 0 Å². The van der Waals surface area contributed by atoms with Crippen molar-refractivity contribution in [1.82, 2.24) is 20.5 Å². The van der Waals surface area contributed by atoms with Crippen molar-refractivity contribution in [2.45, 2.75) is 52.0 Å². The number of ether oxygens (including phenoxy) is 1. The molecule has 2 N–H and O–H groups in total. The molecule has 1 aliphatic rings. The van der Waals surface area contributed by atoms with E-state index in [0.29, 0.717) is 12.4 Å². The maximum Gasteiger partial charge on any atom is 0.226 e. The minimum Gasteiger partial charge on any atom is -0.444 e. The van der Waals surface area contributed by atoms with Gasteiger partial charge in [-0.05, 0) is 39.8 Å². The van der Waals surface area contributed by atoms with Gasteiger partial charge in [0.1, 0.15) is 6.26 Å². The summed E-state index contributed by atoms with van der Waals surface area (Å²) in [4.78, 5) is 11.4. The molecule has 1 fully saturated rings. The normalized spacial score (nSPS) is 20.5. The molecule has 1 aromatic carbocycles. The monoisotopic (exact) mass is 527 g/mol. The van der Waals surface area contributed by atoms with Crippen LogP contribution in [0, 0.1) is 0 Å². The SMILES string of the molecule is CN=C(NCc1coc(-c2ccccc2)n1)NCC(C)(C)N1CC(C)OC(C)C1.I. The van der Waals surface area contributed by atoms with Crippen LogP contribution in [0.2, 0.25) is 0 Å². The lowest BCUT2D eigenvalue weighted by Crippen LogP contribution is -2.59. The summed E-state index contributed by atoms with van der Waals surface area (Å²) >= 11 is 0. The van der Waals surface area contributed by atoms with E-state index in [4.69, 9.17) is 9.15 Å². The Labute approximate surface area is 196 Å². The van der Waals surface area contributed by atoms with Crippen molar-refractivity contribution in [2.24, 2.45) is 4.99 Å². The highest BCUT2D eigenvalue weighted by Crippen LogP contribution is 2.21. The quantitative estimate of drug-likeness (QED) is 0.341. The lowest BCUT2D eigenvalue weighted by atomic mass is 10.00. The number of nitrogens with zero attached hydrogens (tertiary/aromatic N) is 3. The van der Waals surface area contributed by atoms with E-state index < -0.39 is 0 Å². The van der Waals surface area contributed by atoms with Crippen LogP contribution in [0.25, 0.3) is 11.5 Å². The molecule has 2 atom stereocenters. The average Bonchev–Trinajstić information content (AvgIpc) is 3.17. The number of oxazole rings is 1. The minimum absolute atomic E-state index is 0. The zero-order valence-corrected chi connectivity index (χ0v) is 20.8. The van der Waals surface area contributed by atoms with Crippen LogP contribution in [0.1, 0.15) is 33.4 Å². The second-order valence-electron chi connectivity index (χ2n) is 8.26. The standard InChI is InChI=1S/C22H33N5O2.HI/c1-16-12-27(13-17(2)29-16)22(3,4)15-25-21(23-5)24-11-19-14-28-20(26-19)18-9-7-6-8-10-18;/h6-10,14,16-17H,11-13,15H2,1-5H3,(H2,23,24,25);1H. The van der Waals surface area contributed by atoms with Crippen molar-refractivity contribution in [3.8, 4) is 11.5 Å². The average molecular weight is 527 g/mol. The van der Waals surface area contributed by atoms with Crippen molar-refractivity contribution < 1.29 is 9.15 Å². The zero-order valence-electron chi connectivity index (χ0n) is 18.5. The molecular formula is C22H34IN5O2. The number of guanidine groups is 1. The molecule has 1 aliphatic heterocycles. The van der Waals surface area contributed by atoms with Crippen molar-refractivity contribution in [1.29, 1.82) is 0 Å². The Balaban J connectivity index is 0.00000320. The van der Waals surface area contributed by atoms with E-state index in [9.17, 15) is 0 Å². The predicted molar refractivity (Wildman–Crippen MR) is 131 cm³/mol. The maximum absolute atomic E-state index is 5.87. The summed E-state index contributed by atoms with van der Waals surface area (Å²) in [6.45, 7) is 12.0. The van der Waals surface area contributed by atoms with E-state index in [1.165, 1.54) is 0 Å². The van der Waals surface area contributed by atoms with Gasteiger partial charge in [0.05, 0.1) is 24.4 Å². The third kappa shape index (κ3) is 6.68. The number of morpholine rings is 1. The lowest BCUT2D eigenvalue weighted by Gasteiger charge is -2.45. The summed E-state index contributed by atoms with van der Waals surface area (Å²) in [6, 6.07) is 9.89. The van der Waals surface area contributed by atoms with Gasteiger partial charge in [0, 0.05) is 37.8 Å². The second-order valence-corrected chi connectivity index (χ2v) is 8.26. The minimum atomic E-state index is -0.0156. The largest absolute Gasteiger partial charge is 0.444 e. The molecule has 0 spiro atoms. The molecule has 8 heteroatoms. The van der Waals surface area contributed by atoms with Crippen LogP contribution in [0.3, 0.4) is 0 Å². The smallest absolute Gasteiger partial charge is 0.226 e. The molecule has 166 valence electrons. The van der Waals surface area contributed by atoms with Crippen LogP contribution in [0.15, 0.2) is 46.0 Å². The van der Waals surface area contributed by atoms with Crippen LogP contribution >= 0.6 is 24.0 Å². The van der Waals surface area contributed by atoms with Crippen LogP contribution < -0.4 is 10.6 Å². The molecule has 0 radical (unpaired) electrons. The van der Waals surface area contributed by atoms with Crippen LogP contribution in [-0.4, -0.2) is 60.3 Å². The number of aromatic nitrogens is 1. The molecule has 2 aromatic rings. The summed E-state index contributed by atoms with van der Waals surface area (Å²) in [5.41, 5.74) is 1.79. The summed E-state index contributed by atoms with van der Waals surface area (Å²) in [5, 5.41) is 6.76. The molecule has 1 aromatic heterocycles. The van der Waals surface area contributed by atoms with Gasteiger partial charge in [0.15, 0.2) is 5.96 Å². The van der Waals surface area contributed by atoms with Gasteiger partial charge in [-0.15, -0.1) is 24.0 Å². The third-order valence-corrected chi connectivity index (χ3v) is 5.20. The first kappa shape index (κ1) is 24.6. The van der Waals surface area contributed by atoms with Crippen molar-refractivity contribution in [3.05, 3.63) is 42.3 Å². The molecule has 0 aliphatic carbocycles. The summed E-state index contributed by atoms with van der Waals surface area (Å²) in [5.74, 6) is 1.37. The van der Waals surface area contributed by atoms with Gasteiger partial charge < -0.3 is 19.8 Å². The van der Waals surface area contributed by atoms with Crippen LogP contribution in [0.5, 0.6) is 0 Å². The Bertz CT molecular complexity index is 799. The van der Waals surface area contributed by atoms with Gasteiger partial charge >= 0.3 is 0 Å². The molecular weight excluding hydrogens is 493 g/mol. The highest BCUT2D eigenvalue weighted by Gasteiger charge is 2.33.